The first-order valence-electron chi connectivity index (χ1n) is 7.85. The van der Waals surface area contributed by atoms with E-state index in [1.165, 1.54) is 42.8 Å². The van der Waals surface area contributed by atoms with Crippen molar-refractivity contribution in [2.24, 2.45) is 0 Å². The van der Waals surface area contributed by atoms with Gasteiger partial charge in [-0.25, -0.2) is 4.98 Å². The van der Waals surface area contributed by atoms with Crippen molar-refractivity contribution in [1.82, 2.24) is 4.98 Å². The summed E-state index contributed by atoms with van der Waals surface area (Å²) in [5.74, 6) is -0.0741. The molecule has 0 radical (unpaired) electrons. The topological polar surface area (TPSA) is 68.9 Å². The zero-order chi connectivity index (χ0) is 19.6. The van der Waals surface area contributed by atoms with E-state index >= 15 is 0 Å². The molecule has 0 amide bonds. The molecule has 27 heavy (non-hydrogen) atoms. The van der Waals surface area contributed by atoms with Crippen LogP contribution in [0.3, 0.4) is 0 Å². The molecule has 2 aromatic heterocycles. The molecule has 0 aliphatic rings. The molecule has 0 bridgehead atoms. The highest BCUT2D eigenvalue weighted by molar-refractivity contribution is 7.19. The van der Waals surface area contributed by atoms with E-state index in [-0.39, 0.29) is 12.3 Å². The van der Waals surface area contributed by atoms with Gasteiger partial charge in [0, 0.05) is 23.3 Å². The highest BCUT2D eigenvalue weighted by Gasteiger charge is 2.30. The van der Waals surface area contributed by atoms with Crippen molar-refractivity contribution < 1.29 is 22.7 Å². The van der Waals surface area contributed by atoms with Crippen LogP contribution in [-0.2, 0) is 11.0 Å². The van der Waals surface area contributed by atoms with Gasteiger partial charge in [0.05, 0.1) is 22.7 Å². The molecule has 1 N–H and O–H groups in total. The fourth-order valence-corrected chi connectivity index (χ4v) is 3.36. The summed E-state index contributed by atoms with van der Waals surface area (Å²) < 4.78 is 39.0. The fourth-order valence-electron chi connectivity index (χ4n) is 2.37. The molecule has 0 spiro atoms. The fraction of sp³-hybridized carbons (Fsp3) is 0.167. The van der Waals surface area contributed by atoms with Crippen LogP contribution in [0.1, 0.15) is 12.5 Å². The Balaban J connectivity index is 2.04. The van der Waals surface area contributed by atoms with Gasteiger partial charge in [-0.3, -0.25) is 4.79 Å². The Morgan fingerprint density at radius 1 is 1.15 bits per heavy atom. The summed E-state index contributed by atoms with van der Waals surface area (Å²) in [6.45, 7) is 1.53. The lowest BCUT2D eigenvalue weighted by atomic mass is 10.1. The Hall–Kier alpha value is -2.94. The highest BCUT2D eigenvalue weighted by Crippen LogP contribution is 2.39. The molecule has 9 heteroatoms. The summed E-state index contributed by atoms with van der Waals surface area (Å²) in [6, 6.07) is 7.90. The van der Waals surface area contributed by atoms with Crippen LogP contribution in [0, 0.1) is 5.21 Å². The molecule has 0 aliphatic heterocycles. The van der Waals surface area contributed by atoms with Crippen molar-refractivity contribution in [3.05, 3.63) is 59.6 Å². The summed E-state index contributed by atoms with van der Waals surface area (Å²) in [7, 11) is 0. The van der Waals surface area contributed by atoms with E-state index in [4.69, 9.17) is 0 Å². The van der Waals surface area contributed by atoms with E-state index in [1.54, 1.807) is 12.1 Å². The minimum absolute atomic E-state index is 0.0741. The molecular formula is C18H14F3N3O2S. The number of rotatable bonds is 5. The third-order valence-corrected chi connectivity index (χ3v) is 4.73. The zero-order valence-electron chi connectivity index (χ0n) is 14.1. The first-order valence-corrected chi connectivity index (χ1v) is 8.66. The molecule has 0 atom stereocenters. The standard InChI is InChI=1S/C18H14F3N3O2S/c1-11(25)10-22-17-23-15(12-2-4-14(5-3-12)18(19,20)21)16(27-17)13-6-8-24(26)9-7-13/h2-9H,10H2,1H3,(H,22,23). The Kier molecular flexibility index (Phi) is 5.13. The number of pyridine rings is 1. The number of alkyl halides is 3. The molecule has 0 fully saturated rings. The molecule has 5 nitrogen and oxygen atoms in total. The maximum atomic E-state index is 12.8. The highest BCUT2D eigenvalue weighted by atomic mass is 32.1. The van der Waals surface area contributed by atoms with Crippen molar-refractivity contribution >= 4 is 22.3 Å². The summed E-state index contributed by atoms with van der Waals surface area (Å²) in [5, 5.41) is 14.6. The van der Waals surface area contributed by atoms with Gasteiger partial charge < -0.3 is 10.5 Å². The molecule has 3 aromatic rings. The third kappa shape index (κ3) is 4.43. The molecule has 0 saturated heterocycles. The Bertz CT molecular complexity index is 951. The number of benzene rings is 1. The summed E-state index contributed by atoms with van der Waals surface area (Å²) in [5.41, 5.74) is 0.933. The van der Waals surface area contributed by atoms with Gasteiger partial charge in [-0.05, 0) is 19.1 Å². The number of ketones is 1. The van der Waals surface area contributed by atoms with Gasteiger partial charge in [0.2, 0.25) is 0 Å². The number of hydrogen-bond acceptors (Lipinski definition) is 5. The van der Waals surface area contributed by atoms with Crippen molar-refractivity contribution in [1.29, 1.82) is 0 Å². The van der Waals surface area contributed by atoms with E-state index in [2.05, 4.69) is 10.3 Å². The minimum atomic E-state index is -4.42. The molecule has 0 aliphatic carbocycles. The number of hydrogen-bond donors (Lipinski definition) is 1. The normalized spacial score (nSPS) is 11.4. The van der Waals surface area contributed by atoms with E-state index in [1.807, 2.05) is 0 Å². The quantitative estimate of drug-likeness (QED) is 0.523. The summed E-state index contributed by atoms with van der Waals surface area (Å²) in [6.07, 6.45) is -1.76. The van der Waals surface area contributed by atoms with Crippen LogP contribution in [0.2, 0.25) is 0 Å². The number of anilines is 1. The predicted octanol–water partition coefficient (Wildman–Crippen LogP) is 4.13. The van der Waals surface area contributed by atoms with Crippen LogP contribution < -0.4 is 10.0 Å². The van der Waals surface area contributed by atoms with Crippen LogP contribution in [0.5, 0.6) is 0 Å². The second kappa shape index (κ2) is 7.36. The lowest BCUT2D eigenvalue weighted by molar-refractivity contribution is -0.605. The zero-order valence-corrected chi connectivity index (χ0v) is 14.9. The van der Waals surface area contributed by atoms with Gasteiger partial charge in [-0.15, -0.1) is 0 Å². The largest absolute Gasteiger partial charge is 0.619 e. The molecule has 2 heterocycles. The lowest BCUT2D eigenvalue weighted by Crippen LogP contribution is -2.23. The first kappa shape index (κ1) is 18.8. The van der Waals surface area contributed by atoms with E-state index in [9.17, 15) is 23.2 Å². The molecule has 1 aromatic carbocycles. The number of Topliss-reactive ketones (excluding diaryl/α,β-unsaturated/α-hetero) is 1. The van der Waals surface area contributed by atoms with Crippen molar-refractivity contribution in [3.8, 4) is 21.7 Å². The minimum Gasteiger partial charge on any atom is -0.619 e. The average Bonchev–Trinajstić information content (AvgIpc) is 3.04. The summed E-state index contributed by atoms with van der Waals surface area (Å²) >= 11 is 1.26. The smallest absolute Gasteiger partial charge is 0.416 e. The lowest BCUT2D eigenvalue weighted by Gasteiger charge is -2.07. The average molecular weight is 393 g/mol. The van der Waals surface area contributed by atoms with Crippen LogP contribution in [0.15, 0.2) is 48.8 Å². The Morgan fingerprint density at radius 2 is 1.78 bits per heavy atom. The number of nitrogens with zero attached hydrogens (tertiary/aromatic N) is 2. The van der Waals surface area contributed by atoms with Crippen LogP contribution in [0.4, 0.5) is 18.3 Å². The van der Waals surface area contributed by atoms with Crippen LogP contribution in [-0.4, -0.2) is 17.3 Å². The second-order valence-corrected chi connectivity index (χ2v) is 6.77. The Labute approximate surface area is 156 Å². The Morgan fingerprint density at radius 3 is 2.33 bits per heavy atom. The molecule has 140 valence electrons. The van der Waals surface area contributed by atoms with Crippen LogP contribution >= 0.6 is 11.3 Å². The van der Waals surface area contributed by atoms with E-state index in [0.717, 1.165) is 12.1 Å². The second-order valence-electron chi connectivity index (χ2n) is 5.77. The number of aromatic nitrogens is 2. The first-order chi connectivity index (χ1) is 12.7. The molecule has 3 rings (SSSR count). The van der Waals surface area contributed by atoms with Gasteiger partial charge in [0.1, 0.15) is 5.78 Å². The SMILES string of the molecule is CC(=O)CNc1nc(-c2ccc(C(F)(F)F)cc2)c(-c2cc[n+]([O-])cc2)s1. The third-order valence-electron chi connectivity index (χ3n) is 3.67. The maximum Gasteiger partial charge on any atom is 0.416 e. The molecular weight excluding hydrogens is 379 g/mol. The van der Waals surface area contributed by atoms with E-state index < -0.39 is 11.7 Å². The van der Waals surface area contributed by atoms with Gasteiger partial charge in [0.25, 0.3) is 0 Å². The summed E-state index contributed by atoms with van der Waals surface area (Å²) in [4.78, 5) is 16.3. The van der Waals surface area contributed by atoms with Crippen molar-refractivity contribution in [2.45, 2.75) is 13.1 Å². The number of halogens is 3. The van der Waals surface area contributed by atoms with Crippen LogP contribution in [0.25, 0.3) is 21.7 Å². The van der Waals surface area contributed by atoms with Gasteiger partial charge >= 0.3 is 6.18 Å². The predicted molar refractivity (Wildman–Crippen MR) is 96.1 cm³/mol. The van der Waals surface area contributed by atoms with E-state index in [0.29, 0.717) is 31.6 Å². The van der Waals surface area contributed by atoms with Crippen molar-refractivity contribution in [3.63, 3.8) is 0 Å². The molecule has 0 saturated carbocycles. The number of carbonyl (C=O) groups excluding carboxylic acids is 1. The van der Waals surface area contributed by atoms with Gasteiger partial charge in [0.15, 0.2) is 17.5 Å². The monoisotopic (exact) mass is 393 g/mol. The number of nitrogens with one attached hydrogen (secondary N) is 1. The van der Waals surface area contributed by atoms with Crippen molar-refractivity contribution in [2.75, 3.05) is 11.9 Å². The van der Waals surface area contributed by atoms with Gasteiger partial charge in [-0.1, -0.05) is 23.5 Å². The maximum absolute atomic E-state index is 12.8. The van der Waals surface area contributed by atoms with Gasteiger partial charge in [-0.2, -0.15) is 17.9 Å². The number of thiazole rings is 1. The number of carbonyl (C=O) groups is 1. The molecule has 0 unspecified atom stereocenters.